The smallest absolute Gasteiger partial charge is 0.205 e. The van der Waals surface area contributed by atoms with Gasteiger partial charge in [0.25, 0.3) is 0 Å². The lowest BCUT2D eigenvalue weighted by Gasteiger charge is -2.39. The van der Waals surface area contributed by atoms with Crippen molar-refractivity contribution >= 4 is 16.7 Å². The van der Waals surface area contributed by atoms with Crippen LogP contribution in [-0.4, -0.2) is 34.0 Å². The van der Waals surface area contributed by atoms with Crippen molar-refractivity contribution in [1.29, 1.82) is 0 Å². The predicted octanol–water partition coefficient (Wildman–Crippen LogP) is 2.35. The molecule has 2 unspecified atom stereocenters. The van der Waals surface area contributed by atoms with Gasteiger partial charge in [0.1, 0.15) is 5.82 Å². The Bertz CT molecular complexity index is 391. The van der Waals surface area contributed by atoms with E-state index in [1.54, 1.807) is 11.5 Å². The summed E-state index contributed by atoms with van der Waals surface area (Å²) in [7, 11) is 0. The predicted molar refractivity (Wildman–Crippen MR) is 75.3 cm³/mol. The summed E-state index contributed by atoms with van der Waals surface area (Å²) < 4.78 is 4.33. The number of hydrogen-bond donors (Lipinski definition) is 1. The van der Waals surface area contributed by atoms with Crippen LogP contribution < -0.4 is 10.2 Å². The topological polar surface area (TPSA) is 41.0 Å². The maximum Gasteiger partial charge on any atom is 0.205 e. The zero-order chi connectivity index (χ0) is 12.5. The van der Waals surface area contributed by atoms with Crippen molar-refractivity contribution in [2.75, 3.05) is 11.4 Å². The molecular weight excluding hydrogens is 244 g/mol. The summed E-state index contributed by atoms with van der Waals surface area (Å²) >= 11 is 1.57. The van der Waals surface area contributed by atoms with E-state index in [-0.39, 0.29) is 0 Å². The molecule has 2 fully saturated rings. The van der Waals surface area contributed by atoms with Crippen molar-refractivity contribution in [1.82, 2.24) is 14.7 Å². The Morgan fingerprint density at radius 1 is 1.33 bits per heavy atom. The van der Waals surface area contributed by atoms with Crippen molar-refractivity contribution in [3.8, 4) is 0 Å². The molecule has 100 valence electrons. The number of aryl methyl sites for hydroxylation is 1. The molecule has 2 bridgehead atoms. The Labute approximate surface area is 113 Å². The van der Waals surface area contributed by atoms with Crippen molar-refractivity contribution < 1.29 is 0 Å². The van der Waals surface area contributed by atoms with Gasteiger partial charge in [0, 0.05) is 29.7 Å². The summed E-state index contributed by atoms with van der Waals surface area (Å²) in [6.07, 6.45) is 6.43. The molecule has 0 amide bonds. The first-order chi connectivity index (χ1) is 8.78. The van der Waals surface area contributed by atoms with Crippen LogP contribution in [-0.2, 0) is 0 Å². The monoisotopic (exact) mass is 266 g/mol. The largest absolute Gasteiger partial charge is 0.341 e. The Kier molecular flexibility index (Phi) is 3.52. The molecule has 0 aromatic carbocycles. The zero-order valence-electron chi connectivity index (χ0n) is 11.2. The highest BCUT2D eigenvalue weighted by atomic mass is 32.1. The van der Waals surface area contributed by atoms with Crippen LogP contribution in [0.4, 0.5) is 5.13 Å². The van der Waals surface area contributed by atoms with E-state index in [0.29, 0.717) is 18.1 Å². The molecule has 0 radical (unpaired) electrons. The molecule has 2 saturated heterocycles. The highest BCUT2D eigenvalue weighted by Gasteiger charge is 2.41. The Morgan fingerprint density at radius 2 is 2.06 bits per heavy atom. The quantitative estimate of drug-likeness (QED) is 0.908. The molecule has 18 heavy (non-hydrogen) atoms. The first-order valence-corrected chi connectivity index (χ1v) is 7.87. The van der Waals surface area contributed by atoms with Crippen molar-refractivity contribution in [3.05, 3.63) is 5.82 Å². The standard InChI is InChI=1S/C13H22N4S/c1-3-6-14-10-7-11-4-5-12(8-10)17(11)13-15-9(2)16-18-13/h10-12,14H,3-8H2,1-2H3. The molecule has 1 aromatic heterocycles. The molecule has 2 atom stereocenters. The lowest BCUT2D eigenvalue weighted by Crippen LogP contribution is -2.49. The van der Waals surface area contributed by atoms with Gasteiger partial charge in [-0.3, -0.25) is 0 Å². The molecule has 5 heteroatoms. The van der Waals surface area contributed by atoms with Crippen LogP contribution in [0, 0.1) is 6.92 Å². The van der Waals surface area contributed by atoms with Gasteiger partial charge < -0.3 is 10.2 Å². The van der Waals surface area contributed by atoms with E-state index in [1.807, 2.05) is 6.92 Å². The van der Waals surface area contributed by atoms with Crippen LogP contribution >= 0.6 is 11.5 Å². The van der Waals surface area contributed by atoms with Crippen LogP contribution in [0.3, 0.4) is 0 Å². The van der Waals surface area contributed by atoms with Gasteiger partial charge in [0.15, 0.2) is 0 Å². The molecule has 1 N–H and O–H groups in total. The minimum absolute atomic E-state index is 0.686. The summed E-state index contributed by atoms with van der Waals surface area (Å²) in [6.45, 7) is 5.38. The lowest BCUT2D eigenvalue weighted by molar-refractivity contribution is 0.356. The minimum Gasteiger partial charge on any atom is -0.341 e. The van der Waals surface area contributed by atoms with E-state index >= 15 is 0 Å². The number of hydrogen-bond acceptors (Lipinski definition) is 5. The first kappa shape index (κ1) is 12.4. The summed E-state index contributed by atoms with van der Waals surface area (Å²) in [4.78, 5) is 7.13. The van der Waals surface area contributed by atoms with Gasteiger partial charge >= 0.3 is 0 Å². The summed E-state index contributed by atoms with van der Waals surface area (Å²) in [6, 6.07) is 2.09. The van der Waals surface area contributed by atoms with Gasteiger partial charge in [-0.15, -0.1) is 0 Å². The molecule has 0 saturated carbocycles. The third kappa shape index (κ3) is 2.26. The SMILES string of the molecule is CCCNC1CC2CCC(C1)N2c1nc(C)ns1. The van der Waals surface area contributed by atoms with Crippen LogP contribution in [0.15, 0.2) is 0 Å². The number of rotatable bonds is 4. The molecule has 3 heterocycles. The molecule has 0 aliphatic carbocycles. The van der Waals surface area contributed by atoms with Crippen molar-refractivity contribution in [2.24, 2.45) is 0 Å². The van der Waals surface area contributed by atoms with E-state index in [1.165, 1.54) is 32.1 Å². The minimum atomic E-state index is 0.686. The first-order valence-electron chi connectivity index (χ1n) is 7.10. The van der Waals surface area contributed by atoms with Crippen LogP contribution in [0.2, 0.25) is 0 Å². The number of nitrogens with one attached hydrogen (secondary N) is 1. The fourth-order valence-electron chi connectivity index (χ4n) is 3.40. The summed E-state index contributed by atoms with van der Waals surface area (Å²) in [5, 5.41) is 4.84. The van der Waals surface area contributed by atoms with Crippen LogP contribution in [0.25, 0.3) is 0 Å². The zero-order valence-corrected chi connectivity index (χ0v) is 12.0. The number of fused-ring (bicyclic) bond motifs is 2. The van der Waals surface area contributed by atoms with Crippen molar-refractivity contribution in [2.45, 2.75) is 64.1 Å². The summed E-state index contributed by atoms with van der Waals surface area (Å²) in [5.74, 6) is 0.917. The third-order valence-electron chi connectivity index (χ3n) is 4.15. The second kappa shape index (κ2) is 5.13. The van der Waals surface area contributed by atoms with Gasteiger partial charge in [0.2, 0.25) is 5.13 Å². The maximum absolute atomic E-state index is 4.58. The number of nitrogens with zero attached hydrogens (tertiary/aromatic N) is 3. The summed E-state index contributed by atoms with van der Waals surface area (Å²) in [5.41, 5.74) is 0. The molecule has 2 aliphatic rings. The Morgan fingerprint density at radius 3 is 2.61 bits per heavy atom. The number of aromatic nitrogens is 2. The molecular formula is C13H22N4S. The molecule has 3 rings (SSSR count). The second-order valence-electron chi connectivity index (χ2n) is 5.54. The highest BCUT2D eigenvalue weighted by Crippen LogP contribution is 2.39. The van der Waals surface area contributed by atoms with E-state index < -0.39 is 0 Å². The van der Waals surface area contributed by atoms with Crippen molar-refractivity contribution in [3.63, 3.8) is 0 Å². The van der Waals surface area contributed by atoms with Crippen LogP contribution in [0.1, 0.15) is 44.9 Å². The van der Waals surface area contributed by atoms with Gasteiger partial charge in [0.05, 0.1) is 0 Å². The van der Waals surface area contributed by atoms with Gasteiger partial charge in [-0.1, -0.05) is 6.92 Å². The molecule has 2 aliphatic heterocycles. The molecule has 0 spiro atoms. The van der Waals surface area contributed by atoms with E-state index in [2.05, 4.69) is 26.5 Å². The average molecular weight is 266 g/mol. The maximum atomic E-state index is 4.58. The van der Waals surface area contributed by atoms with Crippen LogP contribution in [0.5, 0.6) is 0 Å². The van der Waals surface area contributed by atoms with E-state index in [4.69, 9.17) is 0 Å². The fourth-order valence-corrected chi connectivity index (χ4v) is 4.22. The second-order valence-corrected chi connectivity index (χ2v) is 6.27. The van der Waals surface area contributed by atoms with Gasteiger partial charge in [-0.05, 0) is 45.6 Å². The van der Waals surface area contributed by atoms with Gasteiger partial charge in [-0.2, -0.15) is 4.37 Å². The highest BCUT2D eigenvalue weighted by molar-refractivity contribution is 7.09. The average Bonchev–Trinajstić information content (AvgIpc) is 2.88. The lowest BCUT2D eigenvalue weighted by atomic mass is 9.98. The van der Waals surface area contributed by atoms with Gasteiger partial charge in [-0.25, -0.2) is 4.98 Å². The van der Waals surface area contributed by atoms with E-state index in [0.717, 1.165) is 17.5 Å². The Balaban J connectivity index is 1.69. The fraction of sp³-hybridized carbons (Fsp3) is 0.846. The van der Waals surface area contributed by atoms with E-state index in [9.17, 15) is 0 Å². The normalized spacial score (nSPS) is 31.0. The number of piperidine rings is 1. The third-order valence-corrected chi connectivity index (χ3v) is 4.97. The Hall–Kier alpha value is -0.680. The number of anilines is 1. The molecule has 4 nitrogen and oxygen atoms in total. The molecule has 1 aromatic rings.